The van der Waals surface area contributed by atoms with Gasteiger partial charge in [0.1, 0.15) is 34.2 Å². The van der Waals surface area contributed by atoms with Crippen molar-refractivity contribution in [2.45, 2.75) is 26.4 Å². The summed E-state index contributed by atoms with van der Waals surface area (Å²) in [7, 11) is 1.52. The second-order valence-electron chi connectivity index (χ2n) is 6.59. The van der Waals surface area contributed by atoms with Gasteiger partial charge in [0.15, 0.2) is 0 Å². The van der Waals surface area contributed by atoms with Crippen molar-refractivity contribution in [1.82, 2.24) is 9.97 Å². The summed E-state index contributed by atoms with van der Waals surface area (Å²) in [6.07, 6.45) is 2.43. The van der Waals surface area contributed by atoms with Gasteiger partial charge in [0.25, 0.3) is 0 Å². The van der Waals surface area contributed by atoms with Crippen LogP contribution < -0.4 is 9.47 Å². The van der Waals surface area contributed by atoms with Crippen molar-refractivity contribution >= 4 is 21.9 Å². The van der Waals surface area contributed by atoms with E-state index in [1.165, 1.54) is 13.2 Å². The molecule has 0 aliphatic heterocycles. The number of esters is 1. The monoisotopic (exact) mass is 488 g/mol. The van der Waals surface area contributed by atoms with Crippen LogP contribution in [-0.2, 0) is 22.6 Å². The molecule has 1 aromatic heterocycles. The van der Waals surface area contributed by atoms with Crippen LogP contribution in [0.3, 0.4) is 0 Å². The van der Waals surface area contributed by atoms with Crippen LogP contribution in [0.2, 0.25) is 0 Å². The molecule has 3 rings (SSSR count). The molecule has 0 aliphatic carbocycles. The summed E-state index contributed by atoms with van der Waals surface area (Å²) < 4.78 is 30.6. The summed E-state index contributed by atoms with van der Waals surface area (Å²) in [6, 6.07) is 11.9. The average molecular weight is 489 g/mol. The van der Waals surface area contributed by atoms with E-state index in [1.807, 2.05) is 24.3 Å². The first kappa shape index (κ1) is 22.7. The van der Waals surface area contributed by atoms with Crippen molar-refractivity contribution in [2.24, 2.45) is 0 Å². The number of benzene rings is 2. The van der Waals surface area contributed by atoms with E-state index in [1.54, 1.807) is 25.3 Å². The topological polar surface area (TPSA) is 70.5 Å². The van der Waals surface area contributed by atoms with Crippen molar-refractivity contribution in [2.75, 3.05) is 13.7 Å². The third kappa shape index (κ3) is 6.24. The lowest BCUT2D eigenvalue weighted by Gasteiger charge is -2.10. The molecule has 0 bridgehead atoms. The molecule has 0 aliphatic rings. The Morgan fingerprint density at radius 2 is 2.00 bits per heavy atom. The quantitative estimate of drug-likeness (QED) is 0.389. The number of aromatic nitrogens is 2. The molecule has 1 heterocycles. The molecule has 2 aromatic carbocycles. The second-order valence-corrected chi connectivity index (χ2v) is 7.34. The number of hydrogen-bond acceptors (Lipinski definition) is 6. The molecule has 0 amide bonds. The van der Waals surface area contributed by atoms with Gasteiger partial charge in [-0.25, -0.2) is 9.37 Å². The fourth-order valence-corrected chi connectivity index (χ4v) is 3.43. The van der Waals surface area contributed by atoms with Gasteiger partial charge < -0.3 is 14.2 Å². The Hall–Kier alpha value is -3.00. The van der Waals surface area contributed by atoms with Gasteiger partial charge in [0, 0.05) is 12.0 Å². The van der Waals surface area contributed by atoms with Gasteiger partial charge >= 0.3 is 5.97 Å². The highest BCUT2D eigenvalue weighted by Gasteiger charge is 2.14. The lowest BCUT2D eigenvalue weighted by molar-refractivity contribution is -0.143. The number of hydrogen-bond donors (Lipinski definition) is 0. The molecule has 0 saturated carbocycles. The molecule has 0 unspecified atom stereocenters. The lowest BCUT2D eigenvalue weighted by Crippen LogP contribution is -2.05. The maximum absolute atomic E-state index is 14.2. The van der Waals surface area contributed by atoms with Crippen molar-refractivity contribution < 1.29 is 23.4 Å². The summed E-state index contributed by atoms with van der Waals surface area (Å²) in [5.41, 5.74) is 2.22. The minimum atomic E-state index is -0.417. The molecule has 162 valence electrons. The number of carbonyl (C=O) groups excluding carboxylic acids is 1. The van der Waals surface area contributed by atoms with E-state index in [0.717, 1.165) is 5.56 Å². The highest BCUT2D eigenvalue weighted by Crippen LogP contribution is 2.30. The summed E-state index contributed by atoms with van der Waals surface area (Å²) in [6.45, 7) is 2.35. The predicted octanol–water partition coefficient (Wildman–Crippen LogP) is 5.13. The van der Waals surface area contributed by atoms with Crippen LogP contribution in [-0.4, -0.2) is 29.7 Å². The largest absolute Gasteiger partial charge is 0.497 e. The normalized spacial score (nSPS) is 10.6. The van der Waals surface area contributed by atoms with E-state index in [2.05, 4.69) is 25.9 Å². The molecular weight excluding hydrogens is 467 g/mol. The third-order valence-electron chi connectivity index (χ3n) is 4.42. The van der Waals surface area contributed by atoms with Crippen LogP contribution in [0.4, 0.5) is 4.39 Å². The predicted molar refractivity (Wildman–Crippen MR) is 117 cm³/mol. The highest BCUT2D eigenvalue weighted by atomic mass is 79.9. The molecular formula is C23H22BrFN2O4. The van der Waals surface area contributed by atoms with E-state index >= 15 is 0 Å². The Balaban J connectivity index is 1.66. The number of ether oxygens (including phenoxy) is 3. The number of rotatable bonds is 9. The van der Waals surface area contributed by atoms with Crippen LogP contribution in [0.25, 0.3) is 11.3 Å². The van der Waals surface area contributed by atoms with E-state index < -0.39 is 5.82 Å². The van der Waals surface area contributed by atoms with Gasteiger partial charge in [0.05, 0.1) is 25.6 Å². The molecule has 0 radical (unpaired) electrons. The zero-order chi connectivity index (χ0) is 22.2. The Labute approximate surface area is 188 Å². The van der Waals surface area contributed by atoms with Crippen LogP contribution in [0.15, 0.2) is 53.3 Å². The van der Waals surface area contributed by atoms with Crippen molar-refractivity contribution in [3.8, 4) is 22.8 Å². The second kappa shape index (κ2) is 10.9. The van der Waals surface area contributed by atoms with Crippen LogP contribution >= 0.6 is 15.9 Å². The van der Waals surface area contributed by atoms with Gasteiger partial charge in [-0.3, -0.25) is 9.78 Å². The summed E-state index contributed by atoms with van der Waals surface area (Å²) in [5.74, 6) is 0.545. The molecule has 0 fully saturated rings. The molecule has 3 aromatic rings. The van der Waals surface area contributed by atoms with Crippen LogP contribution in [0.1, 0.15) is 24.6 Å². The van der Waals surface area contributed by atoms with Crippen LogP contribution in [0, 0.1) is 5.82 Å². The molecule has 0 atom stereocenters. The first-order valence-corrected chi connectivity index (χ1v) is 10.5. The zero-order valence-corrected chi connectivity index (χ0v) is 18.8. The molecule has 8 heteroatoms. The Morgan fingerprint density at radius 1 is 1.16 bits per heavy atom. The van der Waals surface area contributed by atoms with Crippen molar-refractivity contribution in [1.29, 1.82) is 0 Å². The van der Waals surface area contributed by atoms with Gasteiger partial charge in [0.2, 0.25) is 0 Å². The summed E-state index contributed by atoms with van der Waals surface area (Å²) >= 11 is 3.37. The number of methoxy groups -OCH3 is 1. The highest BCUT2D eigenvalue weighted by molar-refractivity contribution is 9.10. The van der Waals surface area contributed by atoms with E-state index in [4.69, 9.17) is 14.2 Å². The number of aryl methyl sites for hydroxylation is 1. The lowest BCUT2D eigenvalue weighted by atomic mass is 10.1. The molecule has 0 N–H and O–H groups in total. The maximum Gasteiger partial charge on any atom is 0.306 e. The minimum absolute atomic E-state index is 0.188. The molecule has 0 saturated heterocycles. The summed E-state index contributed by atoms with van der Waals surface area (Å²) in [5, 5.41) is 0. The SMILES string of the molecule is CCOC(=O)CCc1cccc(OCc2cnc(-c3cc(OC)ccc3F)c(Br)n2)c1. The Kier molecular flexibility index (Phi) is 7.94. The first-order valence-electron chi connectivity index (χ1n) is 9.72. The number of carbonyl (C=O) groups is 1. The Morgan fingerprint density at radius 3 is 2.74 bits per heavy atom. The van der Waals surface area contributed by atoms with E-state index in [-0.39, 0.29) is 12.6 Å². The standard InChI is InChI=1S/C23H22BrFN2O4/c1-3-30-21(28)10-7-15-5-4-6-18(11-15)31-14-16-13-26-22(23(24)27-16)19-12-17(29-2)8-9-20(19)25/h4-6,8-9,11-13H,3,7,10,14H2,1-2H3. The number of nitrogens with zero attached hydrogens (tertiary/aromatic N) is 2. The molecule has 0 spiro atoms. The van der Waals surface area contributed by atoms with Gasteiger partial charge in [-0.05, 0) is 65.2 Å². The fraction of sp³-hybridized carbons (Fsp3) is 0.261. The fourth-order valence-electron chi connectivity index (χ4n) is 2.89. The Bertz CT molecular complexity index is 1060. The first-order chi connectivity index (χ1) is 15.0. The summed E-state index contributed by atoms with van der Waals surface area (Å²) in [4.78, 5) is 20.3. The van der Waals surface area contributed by atoms with Gasteiger partial charge in [-0.15, -0.1) is 0 Å². The van der Waals surface area contributed by atoms with Gasteiger partial charge in [-0.1, -0.05) is 12.1 Å². The van der Waals surface area contributed by atoms with Crippen molar-refractivity contribution in [3.05, 3.63) is 70.3 Å². The zero-order valence-electron chi connectivity index (χ0n) is 17.2. The van der Waals surface area contributed by atoms with E-state index in [0.29, 0.717) is 52.5 Å². The average Bonchev–Trinajstić information content (AvgIpc) is 2.77. The number of halogens is 2. The smallest absolute Gasteiger partial charge is 0.306 e. The third-order valence-corrected chi connectivity index (χ3v) is 4.97. The van der Waals surface area contributed by atoms with Gasteiger partial charge in [-0.2, -0.15) is 0 Å². The maximum atomic E-state index is 14.2. The van der Waals surface area contributed by atoms with Crippen LogP contribution in [0.5, 0.6) is 11.5 Å². The van der Waals surface area contributed by atoms with E-state index in [9.17, 15) is 9.18 Å². The van der Waals surface area contributed by atoms with Crippen molar-refractivity contribution in [3.63, 3.8) is 0 Å². The minimum Gasteiger partial charge on any atom is -0.497 e. The molecule has 31 heavy (non-hydrogen) atoms. The molecule has 6 nitrogen and oxygen atoms in total.